The third-order valence-electron chi connectivity index (χ3n) is 12.8. The lowest BCUT2D eigenvalue weighted by molar-refractivity contribution is 0.421. The molecule has 0 fully saturated rings. The number of aromatic nitrogens is 4. The fourth-order valence-corrected chi connectivity index (χ4v) is 12.4. The van der Waals surface area contributed by atoms with E-state index in [4.69, 9.17) is 18.8 Å². The monoisotopic (exact) mass is 779 g/mol. The Hall–Kier alpha value is -7.02. The molecule has 10 aromatic rings. The Kier molecular flexibility index (Phi) is 6.44. The van der Waals surface area contributed by atoms with Gasteiger partial charge in [-0.2, -0.15) is 0 Å². The van der Waals surface area contributed by atoms with Crippen molar-refractivity contribution < 1.29 is 8.85 Å². The molecule has 0 bridgehead atoms. The highest BCUT2D eigenvalue weighted by atomic mass is 28.3. The lowest BCUT2D eigenvalue weighted by Gasteiger charge is -2.38. The number of fused-ring (bicyclic) bond motifs is 15. The van der Waals surface area contributed by atoms with E-state index in [0.29, 0.717) is 22.6 Å². The van der Waals surface area contributed by atoms with E-state index in [9.17, 15) is 0 Å². The first-order chi connectivity index (χ1) is 30.0. The van der Waals surface area contributed by atoms with Crippen LogP contribution in [0, 0.1) is 0 Å². The molecule has 0 N–H and O–H groups in total. The van der Waals surface area contributed by atoms with Crippen molar-refractivity contribution in [2.75, 3.05) is 0 Å². The number of rotatable bonds is 3. The molecule has 5 nitrogen and oxygen atoms in total. The van der Waals surface area contributed by atoms with Gasteiger partial charge in [-0.15, -0.1) is 0 Å². The molecule has 1 atom stereocenters. The summed E-state index contributed by atoms with van der Waals surface area (Å²) in [5.41, 5.74) is 13.7. The maximum atomic E-state index is 9.14. The van der Waals surface area contributed by atoms with Gasteiger partial charge >= 0.3 is 0 Å². The number of pyridine rings is 1. The topological polar surface area (TPSA) is 44.4 Å². The van der Waals surface area contributed by atoms with Crippen molar-refractivity contribution in [3.8, 4) is 61.8 Å². The first kappa shape index (κ1) is 31.0. The average Bonchev–Trinajstić information content (AvgIpc) is 3.82. The van der Waals surface area contributed by atoms with Crippen LogP contribution in [-0.2, 0) is 5.41 Å². The first-order valence-electron chi connectivity index (χ1n) is 21.7. The fourth-order valence-electron chi connectivity index (χ4n) is 9.80. The molecule has 2 aliphatic rings. The lowest BCUT2D eigenvalue weighted by Crippen LogP contribution is -2.54. The third-order valence-corrected chi connectivity index (χ3v) is 16.3. The number of hydrogen-bond acceptors (Lipinski definition) is 3. The van der Waals surface area contributed by atoms with E-state index in [-0.39, 0.29) is 0 Å². The summed E-state index contributed by atoms with van der Waals surface area (Å²) >= 11 is 0. The minimum absolute atomic E-state index is 0.536. The van der Waals surface area contributed by atoms with E-state index in [1.807, 2.05) is 79.9 Å². The highest BCUT2D eigenvalue weighted by Crippen LogP contribution is 2.50. The van der Waals surface area contributed by atoms with Crippen molar-refractivity contribution >= 4 is 46.3 Å². The maximum absolute atomic E-state index is 9.14. The van der Waals surface area contributed by atoms with E-state index < -0.39 is 20.3 Å². The molecule has 0 saturated carbocycles. The van der Waals surface area contributed by atoms with Gasteiger partial charge in [-0.3, -0.25) is 14.0 Å². The third kappa shape index (κ3) is 4.78. The van der Waals surface area contributed by atoms with Crippen molar-refractivity contribution in [2.24, 2.45) is 0 Å². The Labute approximate surface area is 348 Å². The van der Waals surface area contributed by atoms with Crippen LogP contribution in [0.4, 0.5) is 0 Å². The summed E-state index contributed by atoms with van der Waals surface area (Å²) in [5, 5.41) is 2.26. The van der Waals surface area contributed by atoms with Gasteiger partial charge < -0.3 is 4.74 Å². The van der Waals surface area contributed by atoms with Crippen LogP contribution in [0.2, 0.25) is 13.1 Å². The van der Waals surface area contributed by atoms with Crippen molar-refractivity contribution in [3.63, 3.8) is 0 Å². The summed E-state index contributed by atoms with van der Waals surface area (Å²) in [4.78, 5) is 10.0. The molecule has 282 valence electrons. The van der Waals surface area contributed by atoms with E-state index >= 15 is 0 Å². The van der Waals surface area contributed by atoms with Gasteiger partial charge in [-0.25, -0.2) is 4.98 Å². The van der Waals surface area contributed by atoms with Crippen molar-refractivity contribution in [3.05, 3.63) is 181 Å². The van der Waals surface area contributed by atoms with E-state index in [1.165, 1.54) is 5.19 Å². The first-order valence-corrected chi connectivity index (χ1v) is 23.2. The van der Waals surface area contributed by atoms with Crippen LogP contribution in [0.25, 0.3) is 78.2 Å². The zero-order valence-electron chi connectivity index (χ0n) is 35.9. The minimum atomic E-state index is -2.65. The van der Waals surface area contributed by atoms with Gasteiger partial charge in [0.15, 0.2) is 0 Å². The number of para-hydroxylation sites is 5. The van der Waals surface area contributed by atoms with Crippen molar-refractivity contribution in [1.82, 2.24) is 18.9 Å². The molecule has 3 aromatic heterocycles. The van der Waals surface area contributed by atoms with E-state index in [0.717, 1.165) is 83.4 Å². The van der Waals surface area contributed by atoms with Crippen LogP contribution in [-0.4, -0.2) is 27.0 Å². The Bertz CT molecular complexity index is 3510. The summed E-state index contributed by atoms with van der Waals surface area (Å²) in [7, 11) is -2.65. The fraction of sp³-hybridized carbons (Fsp3) is 0.0943. The van der Waals surface area contributed by atoms with Crippen LogP contribution in [0.5, 0.6) is 11.5 Å². The number of nitrogens with zero attached hydrogens (tertiary/aromatic N) is 4. The summed E-state index contributed by atoms with van der Waals surface area (Å²) in [6.45, 7) is 4.17. The van der Waals surface area contributed by atoms with E-state index in [1.54, 1.807) is 0 Å². The summed E-state index contributed by atoms with van der Waals surface area (Å²) < 4.78 is 38.9. The molecule has 0 saturated heterocycles. The Morgan fingerprint density at radius 1 is 0.593 bits per heavy atom. The predicted molar refractivity (Wildman–Crippen MR) is 244 cm³/mol. The van der Waals surface area contributed by atoms with Crippen LogP contribution in [0.1, 0.15) is 29.0 Å². The molecule has 0 radical (unpaired) electrons. The van der Waals surface area contributed by atoms with Crippen LogP contribution in [0.3, 0.4) is 0 Å². The Morgan fingerprint density at radius 2 is 1.27 bits per heavy atom. The number of hydrogen-bond donors (Lipinski definition) is 0. The van der Waals surface area contributed by atoms with Gasteiger partial charge in [0.2, 0.25) is 5.78 Å². The second-order valence-corrected chi connectivity index (χ2v) is 20.9. The second-order valence-electron chi connectivity index (χ2n) is 16.5. The van der Waals surface area contributed by atoms with Crippen LogP contribution in [0.15, 0.2) is 170 Å². The molecule has 7 aromatic carbocycles. The van der Waals surface area contributed by atoms with Crippen LogP contribution >= 0.6 is 0 Å². The van der Waals surface area contributed by atoms with Gasteiger partial charge in [0.05, 0.1) is 33.4 Å². The molecule has 0 spiro atoms. The summed E-state index contributed by atoms with van der Waals surface area (Å²) in [6, 6.07) is 56.8. The van der Waals surface area contributed by atoms with E-state index in [2.05, 4.69) is 119 Å². The largest absolute Gasteiger partial charge is 0.457 e. The lowest BCUT2D eigenvalue weighted by atomic mass is 9.76. The van der Waals surface area contributed by atoms with Gasteiger partial charge in [0, 0.05) is 44.0 Å². The zero-order valence-corrected chi connectivity index (χ0v) is 33.9. The van der Waals surface area contributed by atoms with Gasteiger partial charge in [-0.05, 0) is 69.4 Å². The van der Waals surface area contributed by atoms with Crippen molar-refractivity contribution in [2.45, 2.75) is 32.3 Å². The summed E-state index contributed by atoms with van der Waals surface area (Å²) in [6.07, 6.45) is 1.87. The molecule has 1 aliphatic heterocycles. The minimum Gasteiger partial charge on any atom is -0.457 e. The number of benzene rings is 7. The Balaban J connectivity index is 1.04. The molecule has 6 heteroatoms. The highest BCUT2D eigenvalue weighted by molar-refractivity contribution is 7.01. The molecule has 1 aliphatic carbocycles. The smallest absolute Gasteiger partial charge is 0.220 e. The molecular weight excluding hydrogens is 737 g/mol. The molecular formula is C53H40N4OSi. The van der Waals surface area contributed by atoms with Gasteiger partial charge in [0.25, 0.3) is 0 Å². The molecule has 59 heavy (non-hydrogen) atoms. The molecule has 4 heterocycles. The van der Waals surface area contributed by atoms with Gasteiger partial charge in [-0.1, -0.05) is 153 Å². The van der Waals surface area contributed by atoms with Crippen LogP contribution < -0.4 is 15.1 Å². The second kappa shape index (κ2) is 12.2. The van der Waals surface area contributed by atoms with Crippen molar-refractivity contribution in [1.29, 1.82) is 0 Å². The SMILES string of the molecule is [2H]C([2H])([2H])C1(C)c2ccc(-n3c4ccccc4n4c5ccccc5nc34)cc2Oc2c1cccc2[Si](C)(C)c1ccc2c(c1)-c1ccccc1-c1cccnc1-c1ccccc1-2. The summed E-state index contributed by atoms with van der Waals surface area (Å²) in [5.74, 6) is 1.95. The zero-order chi connectivity index (χ0) is 42.1. The Morgan fingerprint density at radius 3 is 2.08 bits per heavy atom. The number of imidazole rings is 2. The number of ether oxygens (including phenoxy) is 1. The standard InChI is InChI=1S/C53H40N4OSi/c1-53(2)42-29-26-33(56-46-23-11-12-24-47(46)57-45-22-10-9-21-44(45)55-52(56)57)31-48(42)58-51-43(53)20-13-25-49(51)59(3,4)34-27-28-38-36-16-7-8-18-39(36)50-40(19-14-30-54-50)35-15-5-6-17-37(35)41(38)32-34/h5-32H,1-4H3/i1D3. The average molecular weight is 780 g/mol. The molecule has 1 unspecified atom stereocenters. The molecule has 12 rings (SSSR count). The predicted octanol–water partition coefficient (Wildman–Crippen LogP) is 12.1. The highest BCUT2D eigenvalue weighted by Gasteiger charge is 2.40. The quantitative estimate of drug-likeness (QED) is 0.168. The van der Waals surface area contributed by atoms with Gasteiger partial charge in [0.1, 0.15) is 19.6 Å². The molecule has 0 amide bonds. The normalized spacial score (nSPS) is 16.3. The maximum Gasteiger partial charge on any atom is 0.220 e.